The topological polar surface area (TPSA) is 44.7 Å². The number of benzene rings is 2. The van der Waals surface area contributed by atoms with Gasteiger partial charge < -0.3 is 15.3 Å². The molecular formula is C22H28Cl2N2O2. The summed E-state index contributed by atoms with van der Waals surface area (Å²) in [5.41, 5.74) is 2.66. The highest BCUT2D eigenvalue weighted by atomic mass is 35.5. The lowest BCUT2D eigenvalue weighted by Gasteiger charge is -2.34. The number of ether oxygens (including phenoxy) is 1. The fraction of sp³-hybridized carbons (Fsp3) is 0.455. The zero-order valence-corrected chi connectivity index (χ0v) is 18.5. The van der Waals surface area contributed by atoms with Crippen LogP contribution >= 0.6 is 23.2 Å². The molecule has 0 aliphatic carbocycles. The molecule has 1 atom stereocenters. The highest BCUT2D eigenvalue weighted by Gasteiger charge is 2.48. The Hall–Kier alpha value is -1.30. The molecule has 6 heteroatoms. The van der Waals surface area contributed by atoms with Gasteiger partial charge in [0.2, 0.25) is 0 Å². The number of hydroxylamine groups is 2. The lowest BCUT2D eigenvalue weighted by atomic mass is 9.89. The molecule has 0 radical (unpaired) electrons. The largest absolute Gasteiger partial charge is 0.489 e. The molecule has 0 saturated carbocycles. The first kappa shape index (κ1) is 21.4. The molecule has 2 aromatic rings. The van der Waals surface area contributed by atoms with Crippen molar-refractivity contribution < 1.29 is 9.94 Å². The van der Waals surface area contributed by atoms with Crippen molar-refractivity contribution >= 4 is 23.2 Å². The van der Waals surface area contributed by atoms with Gasteiger partial charge in [-0.2, -0.15) is 5.06 Å². The van der Waals surface area contributed by atoms with E-state index in [1.165, 1.54) is 10.6 Å². The summed E-state index contributed by atoms with van der Waals surface area (Å²) in [6, 6.07) is 11.8. The predicted molar refractivity (Wildman–Crippen MR) is 114 cm³/mol. The summed E-state index contributed by atoms with van der Waals surface area (Å²) in [5.74, 6) is 0.518. The molecule has 28 heavy (non-hydrogen) atoms. The Morgan fingerprint density at radius 2 is 1.64 bits per heavy atom. The van der Waals surface area contributed by atoms with Crippen molar-refractivity contribution in [3.05, 3.63) is 63.1 Å². The van der Waals surface area contributed by atoms with Crippen molar-refractivity contribution in [3.8, 4) is 5.75 Å². The zero-order chi connectivity index (χ0) is 20.7. The lowest BCUT2D eigenvalue weighted by Crippen LogP contribution is -2.42. The number of hydrogen-bond acceptors (Lipinski definition) is 4. The van der Waals surface area contributed by atoms with Crippen LogP contribution in [0.2, 0.25) is 10.0 Å². The maximum atomic E-state index is 10.6. The molecule has 0 fully saturated rings. The van der Waals surface area contributed by atoms with Gasteiger partial charge in [0, 0.05) is 12.6 Å². The van der Waals surface area contributed by atoms with Crippen molar-refractivity contribution in [1.82, 2.24) is 10.4 Å². The molecule has 152 valence electrons. The van der Waals surface area contributed by atoms with E-state index in [-0.39, 0.29) is 6.04 Å². The van der Waals surface area contributed by atoms with Crippen molar-refractivity contribution in [3.63, 3.8) is 0 Å². The minimum Gasteiger partial charge on any atom is -0.489 e. The standard InChI is InChI=1S/C22H28Cl2N2O2/c1-14(13-28-20-18(23)7-6-8-19(20)24)25-12-15-9-10-16-17(11-15)22(4,5)26(27)21(16,2)3/h6-11,14,25,27H,12-13H2,1-5H3. The fourth-order valence-corrected chi connectivity index (χ4v) is 4.35. The van der Waals surface area contributed by atoms with E-state index in [1.54, 1.807) is 18.2 Å². The van der Waals surface area contributed by atoms with Crippen LogP contribution in [-0.2, 0) is 17.6 Å². The number of halogens is 2. The van der Waals surface area contributed by atoms with Gasteiger partial charge in [-0.15, -0.1) is 0 Å². The van der Waals surface area contributed by atoms with Crippen LogP contribution in [-0.4, -0.2) is 22.9 Å². The Balaban J connectivity index is 1.64. The van der Waals surface area contributed by atoms with Gasteiger partial charge in [0.15, 0.2) is 5.75 Å². The van der Waals surface area contributed by atoms with Gasteiger partial charge in [0.1, 0.15) is 6.61 Å². The smallest absolute Gasteiger partial charge is 0.156 e. The summed E-state index contributed by atoms with van der Waals surface area (Å²) in [7, 11) is 0. The van der Waals surface area contributed by atoms with Gasteiger partial charge in [-0.1, -0.05) is 47.5 Å². The van der Waals surface area contributed by atoms with Gasteiger partial charge in [-0.25, -0.2) is 0 Å². The third-order valence-corrected chi connectivity index (χ3v) is 6.11. The molecule has 3 rings (SSSR count). The summed E-state index contributed by atoms with van der Waals surface area (Å²) in [4.78, 5) is 0. The fourth-order valence-electron chi connectivity index (χ4n) is 3.85. The first-order valence-corrected chi connectivity index (χ1v) is 10.2. The van der Waals surface area contributed by atoms with E-state index in [2.05, 4.69) is 30.4 Å². The Bertz CT molecular complexity index is 847. The summed E-state index contributed by atoms with van der Waals surface area (Å²) < 4.78 is 5.80. The molecule has 1 aliphatic heterocycles. The highest BCUT2D eigenvalue weighted by Crippen LogP contribution is 2.48. The van der Waals surface area contributed by atoms with Crippen LogP contribution in [0.1, 0.15) is 51.3 Å². The first-order valence-electron chi connectivity index (χ1n) is 9.48. The molecule has 2 N–H and O–H groups in total. The van der Waals surface area contributed by atoms with E-state index in [9.17, 15) is 5.21 Å². The summed E-state index contributed by atoms with van der Waals surface area (Å²) in [6.45, 7) is 11.4. The van der Waals surface area contributed by atoms with Gasteiger partial charge >= 0.3 is 0 Å². The molecule has 0 aromatic heterocycles. The van der Waals surface area contributed by atoms with Crippen LogP contribution in [0, 0.1) is 0 Å². The summed E-state index contributed by atoms with van der Waals surface area (Å²) >= 11 is 12.3. The van der Waals surface area contributed by atoms with Crippen LogP contribution in [0.3, 0.4) is 0 Å². The van der Waals surface area contributed by atoms with Crippen LogP contribution in [0.5, 0.6) is 5.75 Å². The van der Waals surface area contributed by atoms with Gasteiger partial charge in [-0.05, 0) is 63.4 Å². The van der Waals surface area contributed by atoms with Crippen LogP contribution < -0.4 is 10.1 Å². The minimum absolute atomic E-state index is 0.111. The van der Waals surface area contributed by atoms with Gasteiger partial charge in [-0.3, -0.25) is 0 Å². The Morgan fingerprint density at radius 3 is 2.29 bits per heavy atom. The number of para-hydroxylation sites is 1. The highest BCUT2D eigenvalue weighted by molar-refractivity contribution is 6.37. The number of nitrogens with zero attached hydrogens (tertiary/aromatic N) is 1. The van der Waals surface area contributed by atoms with E-state index in [1.807, 2.05) is 27.7 Å². The molecular weight excluding hydrogens is 395 g/mol. The molecule has 0 bridgehead atoms. The second-order valence-corrected chi connectivity index (χ2v) is 9.27. The van der Waals surface area contributed by atoms with Crippen LogP contribution in [0.15, 0.2) is 36.4 Å². The van der Waals surface area contributed by atoms with Gasteiger partial charge in [0.25, 0.3) is 0 Å². The number of nitrogens with one attached hydrogen (secondary N) is 1. The third kappa shape index (κ3) is 3.89. The van der Waals surface area contributed by atoms with E-state index in [4.69, 9.17) is 27.9 Å². The van der Waals surface area contributed by atoms with Crippen molar-refractivity contribution in [2.24, 2.45) is 0 Å². The van der Waals surface area contributed by atoms with Gasteiger partial charge in [0.05, 0.1) is 21.1 Å². The number of fused-ring (bicyclic) bond motifs is 1. The summed E-state index contributed by atoms with van der Waals surface area (Å²) in [5, 5.41) is 16.6. The molecule has 0 amide bonds. The van der Waals surface area contributed by atoms with Crippen molar-refractivity contribution in [2.75, 3.05) is 6.61 Å². The lowest BCUT2D eigenvalue weighted by molar-refractivity contribution is -0.216. The Morgan fingerprint density at radius 1 is 1.04 bits per heavy atom. The maximum Gasteiger partial charge on any atom is 0.156 e. The molecule has 2 aromatic carbocycles. The predicted octanol–water partition coefficient (Wildman–Crippen LogP) is 5.73. The monoisotopic (exact) mass is 422 g/mol. The van der Waals surface area contributed by atoms with E-state index in [0.29, 0.717) is 28.9 Å². The third-order valence-electron chi connectivity index (χ3n) is 5.51. The molecule has 0 saturated heterocycles. The summed E-state index contributed by atoms with van der Waals surface area (Å²) in [6.07, 6.45) is 0. The van der Waals surface area contributed by atoms with Crippen molar-refractivity contribution in [2.45, 2.75) is 58.3 Å². The van der Waals surface area contributed by atoms with Crippen molar-refractivity contribution in [1.29, 1.82) is 0 Å². The zero-order valence-electron chi connectivity index (χ0n) is 17.0. The van der Waals surface area contributed by atoms with E-state index < -0.39 is 11.1 Å². The minimum atomic E-state index is -0.426. The Labute approximate surface area is 177 Å². The number of hydrogen-bond donors (Lipinski definition) is 2. The average molecular weight is 423 g/mol. The Kier molecular flexibility index (Phi) is 6.00. The first-order chi connectivity index (χ1) is 13.0. The van der Waals surface area contributed by atoms with E-state index >= 15 is 0 Å². The molecule has 0 spiro atoms. The number of rotatable bonds is 6. The second-order valence-electron chi connectivity index (χ2n) is 8.45. The molecule has 1 unspecified atom stereocenters. The quantitative estimate of drug-likeness (QED) is 0.623. The molecule has 4 nitrogen and oxygen atoms in total. The van der Waals surface area contributed by atoms with E-state index in [0.717, 1.165) is 11.1 Å². The van der Waals surface area contributed by atoms with Crippen LogP contribution in [0.25, 0.3) is 0 Å². The average Bonchev–Trinajstić information content (AvgIpc) is 2.77. The van der Waals surface area contributed by atoms with Crippen LogP contribution in [0.4, 0.5) is 0 Å². The molecule has 1 heterocycles. The molecule has 1 aliphatic rings. The maximum absolute atomic E-state index is 10.6. The second kappa shape index (κ2) is 7.85. The SMILES string of the molecule is CC(COc1c(Cl)cccc1Cl)NCc1ccc2c(c1)C(C)(C)N(O)C2(C)C. The normalized spacial score (nSPS) is 18.7.